The molecule has 0 aliphatic carbocycles. The number of nitrogens with zero attached hydrogens (tertiary/aromatic N) is 2. The van der Waals surface area contributed by atoms with Crippen molar-refractivity contribution in [2.75, 3.05) is 47.1 Å². The molecule has 7 heteroatoms. The van der Waals surface area contributed by atoms with E-state index in [0.717, 1.165) is 25.0 Å². The maximum Gasteiger partial charge on any atom is 0.228 e. The minimum atomic E-state index is -0.392. The van der Waals surface area contributed by atoms with Crippen LogP contribution in [0, 0.1) is 17.7 Å². The number of piperidine rings is 2. The Hall–Kier alpha value is -1.99. The summed E-state index contributed by atoms with van der Waals surface area (Å²) in [5, 5.41) is 0. The molecule has 160 valence electrons. The van der Waals surface area contributed by atoms with E-state index in [9.17, 15) is 14.0 Å². The Morgan fingerprint density at radius 1 is 1.10 bits per heavy atom. The molecule has 2 saturated heterocycles. The fraction of sp³-hybridized carbons (Fsp3) is 0.636. The molecule has 2 aliphatic rings. The Balaban J connectivity index is 1.81. The van der Waals surface area contributed by atoms with Gasteiger partial charge in [0.1, 0.15) is 5.82 Å². The first-order valence-electron chi connectivity index (χ1n) is 10.4. The molecule has 2 fully saturated rings. The van der Waals surface area contributed by atoms with Gasteiger partial charge in [-0.3, -0.25) is 9.59 Å². The summed E-state index contributed by atoms with van der Waals surface area (Å²) in [6, 6.07) is 5.75. The highest BCUT2D eigenvalue weighted by molar-refractivity contribution is 5.85. The predicted molar refractivity (Wildman–Crippen MR) is 107 cm³/mol. The minimum Gasteiger partial charge on any atom is -0.384 e. The molecule has 1 aromatic rings. The van der Waals surface area contributed by atoms with Gasteiger partial charge in [-0.15, -0.1) is 0 Å². The SMILES string of the molecule is COCCN1C(=O)CCC(C(=O)N2CCC(COC)CC2)C1c1ccc(F)cc1. The van der Waals surface area contributed by atoms with E-state index in [1.807, 2.05) is 4.90 Å². The monoisotopic (exact) mass is 406 g/mol. The predicted octanol–water partition coefficient (Wildman–Crippen LogP) is 2.64. The van der Waals surface area contributed by atoms with Crippen LogP contribution in [0.15, 0.2) is 24.3 Å². The summed E-state index contributed by atoms with van der Waals surface area (Å²) < 4.78 is 23.9. The van der Waals surface area contributed by atoms with Crippen molar-refractivity contribution in [3.8, 4) is 0 Å². The van der Waals surface area contributed by atoms with Crippen LogP contribution in [0.5, 0.6) is 0 Å². The summed E-state index contributed by atoms with van der Waals surface area (Å²) in [7, 11) is 3.30. The lowest BCUT2D eigenvalue weighted by Crippen LogP contribution is -2.51. The first-order valence-corrected chi connectivity index (χ1v) is 10.4. The van der Waals surface area contributed by atoms with Crippen molar-refractivity contribution in [3.05, 3.63) is 35.6 Å². The molecule has 2 unspecified atom stereocenters. The van der Waals surface area contributed by atoms with E-state index in [2.05, 4.69) is 0 Å². The van der Waals surface area contributed by atoms with Gasteiger partial charge in [0, 0.05) is 46.9 Å². The first kappa shape index (κ1) is 21.7. The molecular formula is C22H31FN2O4. The Bertz CT molecular complexity index is 689. The fourth-order valence-electron chi connectivity index (χ4n) is 4.53. The smallest absolute Gasteiger partial charge is 0.228 e. The maximum absolute atomic E-state index is 13.5. The molecule has 1 aromatic carbocycles. The second kappa shape index (κ2) is 10.2. The Kier molecular flexibility index (Phi) is 7.61. The molecule has 6 nitrogen and oxygen atoms in total. The van der Waals surface area contributed by atoms with Gasteiger partial charge in [0.2, 0.25) is 11.8 Å². The van der Waals surface area contributed by atoms with Gasteiger partial charge in [0.05, 0.1) is 18.6 Å². The zero-order chi connectivity index (χ0) is 20.8. The molecule has 29 heavy (non-hydrogen) atoms. The van der Waals surface area contributed by atoms with E-state index in [1.165, 1.54) is 12.1 Å². The van der Waals surface area contributed by atoms with Crippen LogP contribution >= 0.6 is 0 Å². The molecule has 0 bridgehead atoms. The van der Waals surface area contributed by atoms with Crippen LogP contribution in [0.3, 0.4) is 0 Å². The molecule has 2 aliphatic heterocycles. The number of amides is 2. The van der Waals surface area contributed by atoms with Crippen LogP contribution in [-0.2, 0) is 19.1 Å². The van der Waals surface area contributed by atoms with E-state index >= 15 is 0 Å². The zero-order valence-corrected chi connectivity index (χ0v) is 17.3. The Labute approximate surface area is 171 Å². The van der Waals surface area contributed by atoms with E-state index in [-0.39, 0.29) is 23.5 Å². The van der Waals surface area contributed by atoms with Crippen LogP contribution < -0.4 is 0 Å². The Morgan fingerprint density at radius 2 is 1.79 bits per heavy atom. The van der Waals surface area contributed by atoms with Gasteiger partial charge >= 0.3 is 0 Å². The van der Waals surface area contributed by atoms with Crippen molar-refractivity contribution in [1.29, 1.82) is 0 Å². The molecule has 0 N–H and O–H groups in total. The highest BCUT2D eigenvalue weighted by Gasteiger charge is 2.42. The number of halogens is 1. The lowest BCUT2D eigenvalue weighted by molar-refractivity contribution is -0.149. The van der Waals surface area contributed by atoms with Gasteiger partial charge in [-0.25, -0.2) is 4.39 Å². The number of hydrogen-bond donors (Lipinski definition) is 0. The number of likely N-dealkylation sites (tertiary alicyclic amines) is 2. The Morgan fingerprint density at radius 3 is 2.41 bits per heavy atom. The van der Waals surface area contributed by atoms with Crippen molar-refractivity contribution in [1.82, 2.24) is 9.80 Å². The van der Waals surface area contributed by atoms with Gasteiger partial charge in [-0.05, 0) is 42.9 Å². The number of carbonyl (C=O) groups is 2. The summed E-state index contributed by atoms with van der Waals surface area (Å²) in [5.41, 5.74) is 0.795. The van der Waals surface area contributed by atoms with Crippen LogP contribution in [0.4, 0.5) is 4.39 Å². The van der Waals surface area contributed by atoms with Gasteiger partial charge in [0.25, 0.3) is 0 Å². The third-order valence-electron chi connectivity index (χ3n) is 6.10. The standard InChI is InChI=1S/C22H31FN2O4/c1-28-14-13-25-20(26)8-7-19(21(25)17-3-5-18(23)6-4-17)22(27)24-11-9-16(10-12-24)15-29-2/h3-6,16,19,21H,7-15H2,1-2H3. The van der Waals surface area contributed by atoms with Crippen molar-refractivity contribution >= 4 is 11.8 Å². The molecule has 0 spiro atoms. The lowest BCUT2D eigenvalue weighted by Gasteiger charge is -2.43. The normalized spacial score (nSPS) is 23.5. The number of ether oxygens (including phenoxy) is 2. The average molecular weight is 406 g/mol. The highest BCUT2D eigenvalue weighted by Crippen LogP contribution is 2.38. The van der Waals surface area contributed by atoms with Crippen LogP contribution in [-0.4, -0.2) is 68.7 Å². The van der Waals surface area contributed by atoms with E-state index in [1.54, 1.807) is 31.3 Å². The van der Waals surface area contributed by atoms with E-state index in [4.69, 9.17) is 9.47 Å². The summed E-state index contributed by atoms with van der Waals surface area (Å²) in [4.78, 5) is 29.8. The molecule has 0 aromatic heterocycles. The first-order chi connectivity index (χ1) is 14.0. The van der Waals surface area contributed by atoms with Crippen molar-refractivity contribution in [3.63, 3.8) is 0 Å². The van der Waals surface area contributed by atoms with Gasteiger partial charge in [-0.1, -0.05) is 12.1 Å². The zero-order valence-electron chi connectivity index (χ0n) is 17.3. The third kappa shape index (κ3) is 5.14. The minimum absolute atomic E-state index is 0.0132. The molecule has 2 amide bonds. The lowest BCUT2D eigenvalue weighted by atomic mass is 9.82. The summed E-state index contributed by atoms with van der Waals surface area (Å²) in [6.07, 6.45) is 2.72. The van der Waals surface area contributed by atoms with Gasteiger partial charge in [-0.2, -0.15) is 0 Å². The summed E-state index contributed by atoms with van der Waals surface area (Å²) in [5.74, 6) is -0.0659. The van der Waals surface area contributed by atoms with E-state index in [0.29, 0.717) is 45.0 Å². The molecule has 0 radical (unpaired) electrons. The molecule has 2 heterocycles. The second-order valence-electron chi connectivity index (χ2n) is 7.95. The van der Waals surface area contributed by atoms with E-state index < -0.39 is 6.04 Å². The third-order valence-corrected chi connectivity index (χ3v) is 6.10. The summed E-state index contributed by atoms with van der Waals surface area (Å²) >= 11 is 0. The van der Waals surface area contributed by atoms with Crippen LogP contribution in [0.1, 0.15) is 37.3 Å². The second-order valence-corrected chi connectivity index (χ2v) is 7.95. The van der Waals surface area contributed by atoms with Crippen LogP contribution in [0.25, 0.3) is 0 Å². The van der Waals surface area contributed by atoms with Crippen molar-refractivity contribution in [2.24, 2.45) is 11.8 Å². The van der Waals surface area contributed by atoms with Crippen molar-refractivity contribution < 1.29 is 23.5 Å². The van der Waals surface area contributed by atoms with Crippen LogP contribution in [0.2, 0.25) is 0 Å². The highest BCUT2D eigenvalue weighted by atomic mass is 19.1. The molecule has 3 rings (SSSR count). The topological polar surface area (TPSA) is 59.1 Å². The molecule has 0 saturated carbocycles. The van der Waals surface area contributed by atoms with Crippen molar-refractivity contribution in [2.45, 2.75) is 31.7 Å². The fourth-order valence-corrected chi connectivity index (χ4v) is 4.53. The maximum atomic E-state index is 13.5. The number of hydrogen-bond acceptors (Lipinski definition) is 4. The average Bonchev–Trinajstić information content (AvgIpc) is 2.74. The number of benzene rings is 1. The quantitative estimate of drug-likeness (QED) is 0.699. The number of rotatable bonds is 7. The summed E-state index contributed by atoms with van der Waals surface area (Å²) in [6.45, 7) is 2.96. The molecular weight excluding hydrogens is 375 g/mol. The molecule has 2 atom stereocenters. The van der Waals surface area contributed by atoms with Gasteiger partial charge in [0.15, 0.2) is 0 Å². The number of carbonyl (C=O) groups excluding carboxylic acids is 2. The van der Waals surface area contributed by atoms with Gasteiger partial charge < -0.3 is 19.3 Å². The number of methoxy groups -OCH3 is 2. The largest absolute Gasteiger partial charge is 0.384 e.